The zero-order valence-corrected chi connectivity index (χ0v) is 10.6. The van der Waals surface area contributed by atoms with Crippen LogP contribution in [-0.2, 0) is 0 Å². The molecule has 0 heterocycles. The van der Waals surface area contributed by atoms with Crippen LogP contribution >= 0.6 is 12.2 Å². The summed E-state index contributed by atoms with van der Waals surface area (Å²) < 4.78 is 58.1. The lowest BCUT2D eigenvalue weighted by molar-refractivity contribution is 0.402. The van der Waals surface area contributed by atoms with Crippen LogP contribution in [-0.4, -0.2) is 4.99 Å². The molecule has 2 nitrogen and oxygen atoms in total. The fourth-order valence-electron chi connectivity index (χ4n) is 1.50. The third kappa shape index (κ3) is 3.05. The van der Waals surface area contributed by atoms with Crippen LogP contribution in [0.2, 0.25) is 0 Å². The molecule has 0 fully saturated rings. The summed E-state index contributed by atoms with van der Waals surface area (Å²) in [5.74, 6) is -5.20. The van der Waals surface area contributed by atoms with Crippen molar-refractivity contribution in [2.75, 3.05) is 0 Å². The molecule has 20 heavy (non-hydrogen) atoms. The van der Waals surface area contributed by atoms with Crippen molar-refractivity contribution in [2.45, 2.75) is 0 Å². The number of thiocarbonyl (C=S) groups is 1. The van der Waals surface area contributed by atoms with E-state index in [1.807, 2.05) is 0 Å². The molecule has 104 valence electrons. The summed E-state index contributed by atoms with van der Waals surface area (Å²) in [5.41, 5.74) is 5.23. The van der Waals surface area contributed by atoms with E-state index in [0.717, 1.165) is 24.3 Å². The van der Waals surface area contributed by atoms with Crippen molar-refractivity contribution in [1.82, 2.24) is 0 Å². The van der Waals surface area contributed by atoms with E-state index in [-0.39, 0.29) is 16.3 Å². The number of nitrogens with two attached hydrogens (primary N) is 1. The van der Waals surface area contributed by atoms with E-state index >= 15 is 0 Å². The van der Waals surface area contributed by atoms with Crippen LogP contribution in [0, 0.1) is 23.3 Å². The summed E-state index contributed by atoms with van der Waals surface area (Å²) in [6.07, 6.45) is 0. The third-order valence-electron chi connectivity index (χ3n) is 2.34. The molecule has 2 aromatic carbocycles. The second-order valence-corrected chi connectivity index (χ2v) is 4.28. The van der Waals surface area contributed by atoms with E-state index in [1.165, 1.54) is 0 Å². The molecule has 0 unspecified atom stereocenters. The fraction of sp³-hybridized carbons (Fsp3) is 0. The van der Waals surface area contributed by atoms with E-state index < -0.39 is 29.0 Å². The van der Waals surface area contributed by atoms with Crippen LogP contribution in [0.4, 0.5) is 17.6 Å². The Balaban J connectivity index is 2.41. The number of benzene rings is 2. The Hall–Kier alpha value is -2.15. The van der Waals surface area contributed by atoms with Crippen molar-refractivity contribution in [3.63, 3.8) is 0 Å². The van der Waals surface area contributed by atoms with Crippen LogP contribution < -0.4 is 10.5 Å². The lowest BCUT2D eigenvalue weighted by Crippen LogP contribution is -2.10. The molecule has 0 aliphatic carbocycles. The van der Waals surface area contributed by atoms with Crippen LogP contribution in [0.1, 0.15) is 5.56 Å². The number of hydrogen-bond donors (Lipinski definition) is 1. The minimum absolute atomic E-state index is 0.0206. The number of ether oxygens (including phenoxy) is 1. The van der Waals surface area contributed by atoms with Crippen LogP contribution in [0.15, 0.2) is 30.3 Å². The summed E-state index contributed by atoms with van der Waals surface area (Å²) in [4.78, 5) is -0.189. The summed E-state index contributed by atoms with van der Waals surface area (Å²) in [6, 6.07) is 3.94. The highest BCUT2D eigenvalue weighted by atomic mass is 32.1. The Labute approximate surface area is 116 Å². The van der Waals surface area contributed by atoms with Gasteiger partial charge in [-0.3, -0.25) is 0 Å². The lowest BCUT2D eigenvalue weighted by atomic mass is 10.2. The number of halogens is 4. The standard InChI is InChI=1S/C13H7F4NOS/c14-7-3-8(15)5-9(4-7)19-12-10(16)1-6(13(18)20)2-11(12)17/h1-5H,(H2,18,20). The van der Waals surface area contributed by atoms with Crippen molar-refractivity contribution < 1.29 is 22.3 Å². The fourth-order valence-corrected chi connectivity index (χ4v) is 1.62. The molecule has 2 rings (SSSR count). The molecule has 0 aliphatic heterocycles. The maximum atomic E-state index is 13.7. The second-order valence-electron chi connectivity index (χ2n) is 3.84. The monoisotopic (exact) mass is 301 g/mol. The zero-order chi connectivity index (χ0) is 14.9. The molecule has 7 heteroatoms. The van der Waals surface area contributed by atoms with Crippen molar-refractivity contribution >= 4 is 17.2 Å². The van der Waals surface area contributed by atoms with Crippen LogP contribution in [0.25, 0.3) is 0 Å². The van der Waals surface area contributed by atoms with Crippen molar-refractivity contribution in [3.8, 4) is 11.5 Å². The second kappa shape index (κ2) is 5.46. The van der Waals surface area contributed by atoms with Gasteiger partial charge < -0.3 is 10.5 Å². The third-order valence-corrected chi connectivity index (χ3v) is 2.57. The SMILES string of the molecule is NC(=S)c1cc(F)c(Oc2cc(F)cc(F)c2)c(F)c1. The van der Waals surface area contributed by atoms with E-state index in [9.17, 15) is 17.6 Å². The van der Waals surface area contributed by atoms with Crippen LogP contribution in [0.5, 0.6) is 11.5 Å². The predicted octanol–water partition coefficient (Wildman–Crippen LogP) is 3.67. The van der Waals surface area contributed by atoms with Gasteiger partial charge in [0.2, 0.25) is 0 Å². The molecule has 0 saturated carbocycles. The van der Waals surface area contributed by atoms with Gasteiger partial charge in [0.1, 0.15) is 22.4 Å². The highest BCUT2D eigenvalue weighted by Crippen LogP contribution is 2.29. The molecule has 0 atom stereocenters. The molecule has 0 aromatic heterocycles. The first-order valence-corrected chi connectivity index (χ1v) is 5.70. The Kier molecular flexibility index (Phi) is 3.89. The Morgan fingerprint density at radius 2 is 1.40 bits per heavy atom. The maximum absolute atomic E-state index is 13.7. The number of rotatable bonds is 3. The normalized spacial score (nSPS) is 10.4. The smallest absolute Gasteiger partial charge is 0.198 e. The van der Waals surface area contributed by atoms with E-state index in [4.69, 9.17) is 10.5 Å². The molecule has 2 aromatic rings. The molecular formula is C13H7F4NOS. The molecule has 0 amide bonds. The van der Waals surface area contributed by atoms with Gasteiger partial charge in [-0.15, -0.1) is 0 Å². The Morgan fingerprint density at radius 3 is 1.85 bits per heavy atom. The molecule has 0 spiro atoms. The zero-order valence-electron chi connectivity index (χ0n) is 9.79. The van der Waals surface area contributed by atoms with Gasteiger partial charge in [-0.1, -0.05) is 12.2 Å². The van der Waals surface area contributed by atoms with E-state index in [2.05, 4.69) is 12.2 Å². The van der Waals surface area contributed by atoms with Gasteiger partial charge in [0.05, 0.1) is 0 Å². The van der Waals surface area contributed by atoms with Crippen LogP contribution in [0.3, 0.4) is 0 Å². The molecule has 0 saturated heterocycles. The average Bonchev–Trinajstić information content (AvgIpc) is 2.32. The first-order valence-electron chi connectivity index (χ1n) is 5.29. The summed E-state index contributed by atoms with van der Waals surface area (Å²) in [7, 11) is 0. The maximum Gasteiger partial charge on any atom is 0.198 e. The first kappa shape index (κ1) is 14.3. The largest absolute Gasteiger partial charge is 0.451 e. The summed E-state index contributed by atoms with van der Waals surface area (Å²) in [5, 5.41) is 0. The van der Waals surface area contributed by atoms with Gasteiger partial charge in [0, 0.05) is 23.8 Å². The van der Waals surface area contributed by atoms with E-state index in [1.54, 1.807) is 0 Å². The van der Waals surface area contributed by atoms with Gasteiger partial charge in [-0.25, -0.2) is 17.6 Å². The molecule has 0 radical (unpaired) electrons. The quantitative estimate of drug-likeness (QED) is 0.694. The summed E-state index contributed by atoms with van der Waals surface area (Å²) in [6.45, 7) is 0. The van der Waals surface area contributed by atoms with Gasteiger partial charge in [0.25, 0.3) is 0 Å². The van der Waals surface area contributed by atoms with Gasteiger partial charge in [-0.2, -0.15) is 0 Å². The Morgan fingerprint density at radius 1 is 0.900 bits per heavy atom. The molecule has 2 N–H and O–H groups in total. The van der Waals surface area contributed by atoms with Gasteiger partial charge in [0.15, 0.2) is 17.4 Å². The topological polar surface area (TPSA) is 35.2 Å². The van der Waals surface area contributed by atoms with E-state index in [0.29, 0.717) is 6.07 Å². The molecular weight excluding hydrogens is 294 g/mol. The first-order chi connectivity index (χ1) is 9.36. The predicted molar refractivity (Wildman–Crippen MR) is 68.7 cm³/mol. The summed E-state index contributed by atoms with van der Waals surface area (Å²) >= 11 is 4.59. The van der Waals surface area contributed by atoms with Crippen molar-refractivity contribution in [3.05, 3.63) is 59.2 Å². The van der Waals surface area contributed by atoms with Gasteiger partial charge >= 0.3 is 0 Å². The highest BCUT2D eigenvalue weighted by molar-refractivity contribution is 7.80. The lowest BCUT2D eigenvalue weighted by Gasteiger charge is -2.09. The van der Waals surface area contributed by atoms with Crippen molar-refractivity contribution in [2.24, 2.45) is 5.73 Å². The highest BCUT2D eigenvalue weighted by Gasteiger charge is 2.15. The molecule has 0 bridgehead atoms. The number of hydrogen-bond acceptors (Lipinski definition) is 2. The Bertz CT molecular complexity index is 647. The average molecular weight is 301 g/mol. The molecule has 0 aliphatic rings. The minimum atomic E-state index is -1.09. The van der Waals surface area contributed by atoms with Gasteiger partial charge in [-0.05, 0) is 12.1 Å². The minimum Gasteiger partial charge on any atom is -0.451 e. The van der Waals surface area contributed by atoms with Crippen molar-refractivity contribution in [1.29, 1.82) is 0 Å².